The number of furan rings is 1. The Kier molecular flexibility index (Phi) is 5.96. The molecule has 0 amide bonds. The average molecular weight is 651 g/mol. The highest BCUT2D eigenvalue weighted by Crippen LogP contribution is 2.42. The number of benzene rings is 8. The third-order valence-corrected chi connectivity index (χ3v) is 10.5. The lowest BCUT2D eigenvalue weighted by atomic mass is 9.98. The van der Waals surface area contributed by atoms with Crippen LogP contribution < -0.4 is 0 Å². The zero-order chi connectivity index (χ0) is 33.5. The maximum Gasteiger partial charge on any atom is 0.143 e. The molecule has 0 spiro atoms. The van der Waals surface area contributed by atoms with Crippen LogP contribution in [0.3, 0.4) is 0 Å². The third-order valence-electron chi connectivity index (χ3n) is 10.5. The van der Waals surface area contributed by atoms with Gasteiger partial charge in [0.05, 0.1) is 33.1 Å². The van der Waals surface area contributed by atoms with Crippen LogP contribution in [-0.4, -0.2) is 9.13 Å². The van der Waals surface area contributed by atoms with Gasteiger partial charge in [0, 0.05) is 38.2 Å². The average Bonchev–Trinajstić information content (AvgIpc) is 3.86. The van der Waals surface area contributed by atoms with Crippen LogP contribution in [0.5, 0.6) is 0 Å². The molecule has 0 saturated heterocycles. The predicted octanol–water partition coefficient (Wildman–Crippen LogP) is 13.1. The van der Waals surface area contributed by atoms with Gasteiger partial charge in [-0.25, -0.2) is 0 Å². The van der Waals surface area contributed by atoms with Gasteiger partial charge in [0.2, 0.25) is 0 Å². The lowest BCUT2D eigenvalue weighted by Gasteiger charge is -2.12. The zero-order valence-electron chi connectivity index (χ0n) is 27.6. The molecule has 0 fully saturated rings. The summed E-state index contributed by atoms with van der Waals surface area (Å²) in [5.41, 5.74) is 13.4. The molecule has 3 nitrogen and oxygen atoms in total. The van der Waals surface area contributed by atoms with Crippen LogP contribution in [0.4, 0.5) is 0 Å². The van der Waals surface area contributed by atoms with Crippen molar-refractivity contribution in [3.63, 3.8) is 0 Å². The standard InChI is InChI=1S/C48H30N2O/c1-2-12-31(13-3-1)32-24-26-33(27-25-32)35-17-10-18-40-47-44(22-11-23-46(47)51-48(35)40)50-43-21-9-6-16-38(43)39-29-28-34(30-45(39)50)49-41-19-7-4-14-36(41)37-15-5-8-20-42(37)49/h1-30H. The van der Waals surface area contributed by atoms with E-state index >= 15 is 0 Å². The van der Waals surface area contributed by atoms with Crippen LogP contribution in [0, 0.1) is 0 Å². The van der Waals surface area contributed by atoms with Crippen molar-refractivity contribution in [1.29, 1.82) is 0 Å². The van der Waals surface area contributed by atoms with E-state index in [2.05, 4.69) is 191 Å². The monoisotopic (exact) mass is 650 g/mol. The van der Waals surface area contributed by atoms with Gasteiger partial charge in [-0.3, -0.25) is 0 Å². The van der Waals surface area contributed by atoms with Gasteiger partial charge in [0.15, 0.2) is 0 Å². The molecular formula is C48H30N2O. The summed E-state index contributed by atoms with van der Waals surface area (Å²) in [6, 6.07) is 65.3. The predicted molar refractivity (Wildman–Crippen MR) is 213 cm³/mol. The molecule has 11 aromatic rings. The first kappa shape index (κ1) is 28.0. The molecule has 11 rings (SSSR count). The molecule has 3 aromatic heterocycles. The summed E-state index contributed by atoms with van der Waals surface area (Å²) < 4.78 is 11.6. The van der Waals surface area contributed by atoms with E-state index in [1.165, 1.54) is 49.2 Å². The molecule has 0 atom stereocenters. The normalized spacial score (nSPS) is 11.9. The maximum atomic E-state index is 6.78. The SMILES string of the molecule is c1ccc(-c2ccc(-c3cccc4c3oc3cccc(-n5c6ccccc6c6ccc(-n7c8ccccc8c8ccccc87)cc65)c34)cc2)cc1. The Labute approximate surface area is 293 Å². The fraction of sp³-hybridized carbons (Fsp3) is 0. The topological polar surface area (TPSA) is 23.0 Å². The molecule has 0 unspecified atom stereocenters. The molecule has 0 aliphatic carbocycles. The van der Waals surface area contributed by atoms with Crippen molar-refractivity contribution in [3.8, 4) is 33.6 Å². The van der Waals surface area contributed by atoms with E-state index in [4.69, 9.17) is 4.42 Å². The first-order valence-corrected chi connectivity index (χ1v) is 17.4. The number of nitrogens with zero attached hydrogens (tertiary/aromatic N) is 2. The van der Waals surface area contributed by atoms with Crippen molar-refractivity contribution in [3.05, 3.63) is 182 Å². The van der Waals surface area contributed by atoms with Crippen molar-refractivity contribution < 1.29 is 4.42 Å². The molecular weight excluding hydrogens is 621 g/mol. The van der Waals surface area contributed by atoms with Gasteiger partial charge < -0.3 is 13.6 Å². The quantitative estimate of drug-likeness (QED) is 0.186. The fourth-order valence-electron chi connectivity index (χ4n) is 8.27. The van der Waals surface area contributed by atoms with Crippen LogP contribution in [0.15, 0.2) is 186 Å². The van der Waals surface area contributed by atoms with E-state index in [0.717, 1.165) is 50.0 Å². The Morgan fingerprint density at radius 3 is 1.61 bits per heavy atom. The summed E-state index contributed by atoms with van der Waals surface area (Å²) in [4.78, 5) is 0. The van der Waals surface area contributed by atoms with Gasteiger partial charge in [-0.2, -0.15) is 0 Å². The van der Waals surface area contributed by atoms with Crippen molar-refractivity contribution in [2.45, 2.75) is 0 Å². The van der Waals surface area contributed by atoms with Crippen LogP contribution in [0.1, 0.15) is 0 Å². The van der Waals surface area contributed by atoms with E-state index in [0.29, 0.717) is 0 Å². The van der Waals surface area contributed by atoms with Crippen molar-refractivity contribution in [2.75, 3.05) is 0 Å². The van der Waals surface area contributed by atoms with Crippen LogP contribution in [0.2, 0.25) is 0 Å². The van der Waals surface area contributed by atoms with Gasteiger partial charge in [0.1, 0.15) is 11.2 Å². The van der Waals surface area contributed by atoms with Crippen LogP contribution in [-0.2, 0) is 0 Å². The Morgan fingerprint density at radius 1 is 0.353 bits per heavy atom. The van der Waals surface area contributed by atoms with Gasteiger partial charge in [0.25, 0.3) is 0 Å². The minimum absolute atomic E-state index is 0.875. The molecule has 3 heterocycles. The first-order chi connectivity index (χ1) is 25.3. The highest BCUT2D eigenvalue weighted by Gasteiger charge is 2.20. The summed E-state index contributed by atoms with van der Waals surface area (Å²) in [6.07, 6.45) is 0. The minimum Gasteiger partial charge on any atom is -0.455 e. The Bertz CT molecular complexity index is 3070. The van der Waals surface area contributed by atoms with Gasteiger partial charge >= 0.3 is 0 Å². The van der Waals surface area contributed by atoms with E-state index in [-0.39, 0.29) is 0 Å². The summed E-state index contributed by atoms with van der Waals surface area (Å²) in [5.74, 6) is 0. The second kappa shape index (κ2) is 10.8. The van der Waals surface area contributed by atoms with Gasteiger partial charge in [-0.1, -0.05) is 140 Å². The Hall–Kier alpha value is -6.84. The Balaban J connectivity index is 1.15. The molecule has 0 bridgehead atoms. The highest BCUT2D eigenvalue weighted by molar-refractivity contribution is 6.17. The first-order valence-electron chi connectivity index (χ1n) is 17.4. The molecule has 0 aliphatic rings. The highest BCUT2D eigenvalue weighted by atomic mass is 16.3. The third kappa shape index (κ3) is 4.12. The van der Waals surface area contributed by atoms with E-state index in [1.54, 1.807) is 0 Å². The number of aromatic nitrogens is 2. The maximum absolute atomic E-state index is 6.78. The summed E-state index contributed by atoms with van der Waals surface area (Å²) in [6.45, 7) is 0. The molecule has 3 heteroatoms. The smallest absolute Gasteiger partial charge is 0.143 e. The minimum atomic E-state index is 0.875. The number of para-hydroxylation sites is 4. The zero-order valence-corrected chi connectivity index (χ0v) is 27.6. The van der Waals surface area contributed by atoms with Crippen LogP contribution in [0.25, 0.3) is 99.2 Å². The molecule has 0 N–H and O–H groups in total. The molecule has 51 heavy (non-hydrogen) atoms. The van der Waals surface area contributed by atoms with E-state index in [1.807, 2.05) is 0 Å². The number of fused-ring (bicyclic) bond motifs is 9. The lowest BCUT2D eigenvalue weighted by Crippen LogP contribution is -1.97. The number of hydrogen-bond acceptors (Lipinski definition) is 1. The van der Waals surface area contributed by atoms with Crippen LogP contribution >= 0.6 is 0 Å². The molecule has 0 radical (unpaired) electrons. The lowest BCUT2D eigenvalue weighted by molar-refractivity contribution is 0.670. The van der Waals surface area contributed by atoms with Crippen molar-refractivity contribution in [2.24, 2.45) is 0 Å². The van der Waals surface area contributed by atoms with Gasteiger partial charge in [-0.15, -0.1) is 0 Å². The number of rotatable bonds is 4. The second-order valence-electron chi connectivity index (χ2n) is 13.3. The Morgan fingerprint density at radius 2 is 0.902 bits per heavy atom. The largest absolute Gasteiger partial charge is 0.455 e. The molecule has 0 saturated carbocycles. The fourth-order valence-corrected chi connectivity index (χ4v) is 8.27. The molecule has 0 aliphatic heterocycles. The van der Waals surface area contributed by atoms with Crippen molar-refractivity contribution >= 4 is 65.6 Å². The number of hydrogen-bond donors (Lipinski definition) is 0. The van der Waals surface area contributed by atoms with E-state index < -0.39 is 0 Å². The molecule has 238 valence electrons. The second-order valence-corrected chi connectivity index (χ2v) is 13.3. The summed E-state index contributed by atoms with van der Waals surface area (Å²) in [5, 5.41) is 7.18. The molecule has 8 aromatic carbocycles. The summed E-state index contributed by atoms with van der Waals surface area (Å²) >= 11 is 0. The van der Waals surface area contributed by atoms with E-state index in [9.17, 15) is 0 Å². The summed E-state index contributed by atoms with van der Waals surface area (Å²) in [7, 11) is 0. The van der Waals surface area contributed by atoms with Gasteiger partial charge in [-0.05, 0) is 59.2 Å². The van der Waals surface area contributed by atoms with Crippen molar-refractivity contribution in [1.82, 2.24) is 9.13 Å².